The molecule has 0 fully saturated rings. The van der Waals surface area contributed by atoms with Crippen molar-refractivity contribution in [2.75, 3.05) is 4.90 Å². The number of rotatable bonds is 3. The number of fused-ring (bicyclic) bond motifs is 1. The fourth-order valence-corrected chi connectivity index (χ4v) is 3.36. The van der Waals surface area contributed by atoms with Crippen LogP contribution in [0.4, 0.5) is 29.1 Å². The highest BCUT2D eigenvalue weighted by atomic mass is 127. The van der Waals surface area contributed by atoms with Gasteiger partial charge >= 0.3 is 6.30 Å². The normalized spacial score (nSPS) is 11.6. The van der Waals surface area contributed by atoms with Gasteiger partial charge in [-0.1, -0.05) is 11.6 Å². The molecule has 3 aromatic rings. The minimum absolute atomic E-state index is 0.00417. The second-order valence-corrected chi connectivity index (χ2v) is 7.03. The van der Waals surface area contributed by atoms with Gasteiger partial charge in [0, 0.05) is 14.0 Å². The Kier molecular flexibility index (Phi) is 5.12. The quantitative estimate of drug-likeness (QED) is 0.171. The van der Waals surface area contributed by atoms with Gasteiger partial charge in [-0.2, -0.15) is 4.98 Å². The Morgan fingerprint density at radius 2 is 1.89 bits per heavy atom. The summed E-state index contributed by atoms with van der Waals surface area (Å²) in [5, 5.41) is 15.5. The molecule has 2 aromatic carbocycles. The summed E-state index contributed by atoms with van der Waals surface area (Å²) in [6.45, 7) is 0. The molecule has 2 N–H and O–H groups in total. The lowest BCUT2D eigenvalue weighted by Gasteiger charge is -2.27. The summed E-state index contributed by atoms with van der Waals surface area (Å²) < 4.78 is 56.7. The monoisotopic (exact) mass is 509 g/mol. The topological polar surface area (TPSA) is 68.8 Å². The van der Waals surface area contributed by atoms with Gasteiger partial charge in [0.2, 0.25) is 5.62 Å². The maximum Gasteiger partial charge on any atom is 0.490 e. The van der Waals surface area contributed by atoms with Crippen molar-refractivity contribution >= 4 is 62.9 Å². The fraction of sp³-hybridized carbons (Fsp3) is 0.0625. The summed E-state index contributed by atoms with van der Waals surface area (Å²) in [5.74, 6) is -1.45. The molecular weight excluding hydrogens is 501 g/mol. The molecule has 0 aliphatic rings. The fourth-order valence-electron chi connectivity index (χ4n) is 2.58. The molecule has 0 aliphatic carbocycles. The van der Waals surface area contributed by atoms with Crippen LogP contribution in [0.3, 0.4) is 0 Å². The molecule has 3 rings (SSSR count). The second kappa shape index (κ2) is 7.08. The van der Waals surface area contributed by atoms with Crippen molar-refractivity contribution in [2.45, 2.75) is 6.30 Å². The van der Waals surface area contributed by atoms with Crippen LogP contribution in [0.25, 0.3) is 10.9 Å². The van der Waals surface area contributed by atoms with Crippen LogP contribution in [0.1, 0.15) is 0 Å². The Labute approximate surface area is 168 Å². The summed E-state index contributed by atoms with van der Waals surface area (Å²) >= 11 is 7.63. The average molecular weight is 510 g/mol. The molecule has 0 aliphatic heterocycles. The standard InChI is InChI=1S/C16H9ClF4IN5/c17-8-1-2-12-13(3-8)26(7-23)15(24)25-14(12)27(16(19,20)21)11-5-9(18)4-10(22)6-11/h1-7,23-24H. The van der Waals surface area contributed by atoms with E-state index in [1.54, 1.807) is 22.6 Å². The average Bonchev–Trinajstić information content (AvgIpc) is 2.52. The van der Waals surface area contributed by atoms with Crippen LogP contribution in [0.15, 0.2) is 36.4 Å². The first-order valence-corrected chi connectivity index (χ1v) is 8.67. The van der Waals surface area contributed by atoms with Gasteiger partial charge < -0.3 is 0 Å². The van der Waals surface area contributed by atoms with Gasteiger partial charge in [-0.15, -0.1) is 13.2 Å². The molecule has 0 bridgehead atoms. The highest BCUT2D eigenvalue weighted by Crippen LogP contribution is 2.39. The molecule has 0 saturated carbocycles. The maximum absolute atomic E-state index is 13.9. The van der Waals surface area contributed by atoms with Crippen LogP contribution in [0.5, 0.6) is 0 Å². The molecule has 1 aromatic heterocycles. The number of nitrogens with zero attached hydrogens (tertiary/aromatic N) is 3. The van der Waals surface area contributed by atoms with E-state index in [1.165, 1.54) is 18.2 Å². The maximum atomic E-state index is 13.9. The van der Waals surface area contributed by atoms with Crippen molar-refractivity contribution in [2.24, 2.45) is 0 Å². The second-order valence-electron chi connectivity index (χ2n) is 5.35. The minimum Gasteiger partial charge on any atom is -0.291 e. The lowest BCUT2D eigenvalue weighted by Crippen LogP contribution is -2.37. The molecule has 0 unspecified atom stereocenters. The molecule has 0 radical (unpaired) electrons. The number of alkyl halides is 3. The van der Waals surface area contributed by atoms with Gasteiger partial charge in [-0.3, -0.25) is 15.4 Å². The third-order valence-corrected chi connectivity index (χ3v) is 4.46. The predicted molar refractivity (Wildman–Crippen MR) is 102 cm³/mol. The Morgan fingerprint density at radius 3 is 2.48 bits per heavy atom. The minimum atomic E-state index is -4.94. The van der Waals surface area contributed by atoms with Crippen molar-refractivity contribution in [3.05, 3.63) is 56.4 Å². The highest BCUT2D eigenvalue weighted by Gasteiger charge is 2.41. The first kappa shape index (κ1) is 19.5. The van der Waals surface area contributed by atoms with E-state index in [9.17, 15) is 17.6 Å². The van der Waals surface area contributed by atoms with E-state index in [2.05, 4.69) is 4.98 Å². The number of aromatic nitrogens is 2. The lowest BCUT2D eigenvalue weighted by atomic mass is 10.2. The summed E-state index contributed by atoms with van der Waals surface area (Å²) in [5.41, 5.74) is -0.995. The van der Waals surface area contributed by atoms with Crippen molar-refractivity contribution in [1.29, 1.82) is 10.8 Å². The summed E-state index contributed by atoms with van der Waals surface area (Å²) in [7, 11) is 0. The predicted octanol–water partition coefficient (Wildman–Crippen LogP) is 5.03. The summed E-state index contributed by atoms with van der Waals surface area (Å²) in [6, 6.07) is 6.99. The Hall–Kier alpha value is -2.21. The summed E-state index contributed by atoms with van der Waals surface area (Å²) in [6.07, 6.45) is -4.19. The molecule has 0 amide bonds. The van der Waals surface area contributed by atoms with Crippen molar-refractivity contribution < 1.29 is 17.6 Å². The number of benzene rings is 2. The molecule has 11 heteroatoms. The SMILES string of the molecule is N=Cn1c(=N)nc(N(c2cc(F)cc(I)c2)C(F)(F)F)c2ccc(Cl)cc21. The number of hydrogen-bond acceptors (Lipinski definition) is 4. The van der Waals surface area contributed by atoms with E-state index in [1.807, 2.05) is 0 Å². The molecular formula is C16H9ClF4IN5. The Bertz CT molecular complexity index is 1090. The number of hydrogen-bond donors (Lipinski definition) is 2. The highest BCUT2D eigenvalue weighted by molar-refractivity contribution is 14.1. The van der Waals surface area contributed by atoms with Crippen LogP contribution in [0, 0.1) is 20.2 Å². The summed E-state index contributed by atoms with van der Waals surface area (Å²) in [4.78, 5) is 3.62. The third kappa shape index (κ3) is 3.76. The Balaban J connectivity index is 2.42. The molecule has 5 nitrogen and oxygen atoms in total. The lowest BCUT2D eigenvalue weighted by molar-refractivity contribution is -0.121. The first-order chi connectivity index (χ1) is 12.6. The van der Waals surface area contributed by atoms with Crippen molar-refractivity contribution in [1.82, 2.24) is 9.55 Å². The van der Waals surface area contributed by atoms with E-state index >= 15 is 0 Å². The van der Waals surface area contributed by atoms with Crippen molar-refractivity contribution in [3.63, 3.8) is 0 Å². The van der Waals surface area contributed by atoms with Gasteiger partial charge in [0.15, 0.2) is 5.82 Å². The number of nitrogens with one attached hydrogen (secondary N) is 2. The van der Waals surface area contributed by atoms with Gasteiger partial charge in [0.05, 0.1) is 17.5 Å². The van der Waals surface area contributed by atoms with E-state index in [0.717, 1.165) is 29.1 Å². The molecule has 140 valence electrons. The smallest absolute Gasteiger partial charge is 0.291 e. The van der Waals surface area contributed by atoms with E-state index < -0.39 is 29.2 Å². The van der Waals surface area contributed by atoms with Gasteiger partial charge in [-0.05, 0) is 59.0 Å². The van der Waals surface area contributed by atoms with Gasteiger partial charge in [0.25, 0.3) is 0 Å². The molecule has 27 heavy (non-hydrogen) atoms. The Morgan fingerprint density at radius 1 is 1.19 bits per heavy atom. The van der Waals surface area contributed by atoms with Gasteiger partial charge in [0.1, 0.15) is 5.82 Å². The van der Waals surface area contributed by atoms with Crippen molar-refractivity contribution in [3.8, 4) is 0 Å². The van der Waals surface area contributed by atoms with Crippen LogP contribution < -0.4 is 10.5 Å². The van der Waals surface area contributed by atoms with Crippen LogP contribution in [-0.2, 0) is 0 Å². The van der Waals surface area contributed by atoms with Crippen LogP contribution >= 0.6 is 34.2 Å². The van der Waals surface area contributed by atoms with Gasteiger partial charge in [-0.25, -0.2) is 9.29 Å². The first-order valence-electron chi connectivity index (χ1n) is 7.22. The molecule has 1 heterocycles. The zero-order valence-corrected chi connectivity index (χ0v) is 16.1. The number of anilines is 2. The number of halogens is 6. The van der Waals surface area contributed by atoms with E-state index in [-0.39, 0.29) is 24.4 Å². The third-order valence-electron chi connectivity index (χ3n) is 3.60. The molecule has 0 spiro atoms. The van der Waals surface area contributed by atoms with Crippen LogP contribution in [0.2, 0.25) is 5.02 Å². The zero-order chi connectivity index (χ0) is 19.9. The van der Waals surface area contributed by atoms with E-state index in [0.29, 0.717) is 0 Å². The molecule has 0 atom stereocenters. The zero-order valence-electron chi connectivity index (χ0n) is 13.2. The van der Waals surface area contributed by atoms with E-state index in [4.69, 9.17) is 22.4 Å². The molecule has 0 saturated heterocycles. The van der Waals surface area contributed by atoms with Crippen LogP contribution in [-0.4, -0.2) is 22.2 Å². The largest absolute Gasteiger partial charge is 0.490 e.